The predicted octanol–water partition coefficient (Wildman–Crippen LogP) is 3.37. The molecule has 5 heteroatoms. The molecule has 0 fully saturated rings. The normalized spacial score (nSPS) is 11.5. The SMILES string of the molecule is [CH2]c1cc(OC(F)(F)F)ccc1I. The van der Waals surface area contributed by atoms with Gasteiger partial charge in [0.05, 0.1) is 0 Å². The quantitative estimate of drug-likeness (QED) is 0.723. The first-order valence-corrected chi connectivity index (χ1v) is 4.33. The Hall–Kier alpha value is -0.460. The molecule has 0 aromatic heterocycles. The summed E-state index contributed by atoms with van der Waals surface area (Å²) in [6.45, 7) is 3.56. The number of ether oxygens (including phenoxy) is 1. The standard InChI is InChI=1S/C8H5F3IO/c1-5-4-6(2-3-7(5)12)13-8(9,10)11/h2-4H,1H2. The molecule has 0 spiro atoms. The first kappa shape index (κ1) is 10.6. The summed E-state index contributed by atoms with van der Waals surface area (Å²) < 4.78 is 39.7. The highest BCUT2D eigenvalue weighted by Crippen LogP contribution is 2.25. The number of alkyl halides is 3. The Labute approximate surface area is 87.0 Å². The van der Waals surface area contributed by atoms with E-state index in [1.165, 1.54) is 18.2 Å². The van der Waals surface area contributed by atoms with Crippen LogP contribution in [0.25, 0.3) is 0 Å². The molecule has 71 valence electrons. The molecule has 0 saturated heterocycles. The summed E-state index contributed by atoms with van der Waals surface area (Å²) >= 11 is 1.98. The van der Waals surface area contributed by atoms with Crippen LogP contribution in [0.2, 0.25) is 0 Å². The molecule has 1 radical (unpaired) electrons. The Morgan fingerprint density at radius 2 is 1.92 bits per heavy atom. The van der Waals surface area contributed by atoms with Gasteiger partial charge < -0.3 is 4.74 Å². The van der Waals surface area contributed by atoms with Gasteiger partial charge in [-0.2, -0.15) is 0 Å². The highest BCUT2D eigenvalue weighted by Gasteiger charge is 2.31. The van der Waals surface area contributed by atoms with Crippen molar-refractivity contribution in [3.05, 3.63) is 34.3 Å². The van der Waals surface area contributed by atoms with Gasteiger partial charge in [0, 0.05) is 3.57 Å². The molecule has 1 aromatic rings. The third kappa shape index (κ3) is 3.41. The van der Waals surface area contributed by atoms with E-state index in [1.807, 2.05) is 22.6 Å². The summed E-state index contributed by atoms with van der Waals surface area (Å²) in [7, 11) is 0. The van der Waals surface area contributed by atoms with Gasteiger partial charge in [0.25, 0.3) is 0 Å². The van der Waals surface area contributed by atoms with Crippen molar-refractivity contribution in [2.45, 2.75) is 6.36 Å². The van der Waals surface area contributed by atoms with E-state index in [4.69, 9.17) is 0 Å². The lowest BCUT2D eigenvalue weighted by Gasteiger charge is -2.09. The van der Waals surface area contributed by atoms with Crippen molar-refractivity contribution in [2.24, 2.45) is 0 Å². The van der Waals surface area contributed by atoms with Gasteiger partial charge in [-0.1, -0.05) is 0 Å². The van der Waals surface area contributed by atoms with Crippen molar-refractivity contribution in [1.29, 1.82) is 0 Å². The van der Waals surface area contributed by atoms with E-state index in [2.05, 4.69) is 11.7 Å². The van der Waals surface area contributed by atoms with E-state index in [-0.39, 0.29) is 5.75 Å². The molecule has 1 aromatic carbocycles. The average molecular weight is 301 g/mol. The van der Waals surface area contributed by atoms with Crippen LogP contribution in [0, 0.1) is 10.5 Å². The fraction of sp³-hybridized carbons (Fsp3) is 0.125. The molecule has 0 N–H and O–H groups in total. The van der Waals surface area contributed by atoms with Gasteiger partial charge in [0.2, 0.25) is 0 Å². The zero-order valence-electron chi connectivity index (χ0n) is 6.36. The molecule has 0 unspecified atom stereocenters. The van der Waals surface area contributed by atoms with Crippen molar-refractivity contribution < 1.29 is 17.9 Å². The van der Waals surface area contributed by atoms with Crippen molar-refractivity contribution in [1.82, 2.24) is 0 Å². The maximum Gasteiger partial charge on any atom is 0.573 e. The van der Waals surface area contributed by atoms with E-state index in [1.54, 1.807) is 0 Å². The van der Waals surface area contributed by atoms with Gasteiger partial charge >= 0.3 is 6.36 Å². The lowest BCUT2D eigenvalue weighted by atomic mass is 10.2. The molecule has 13 heavy (non-hydrogen) atoms. The van der Waals surface area contributed by atoms with Crippen LogP contribution < -0.4 is 4.74 Å². The fourth-order valence-electron chi connectivity index (χ4n) is 0.748. The summed E-state index contributed by atoms with van der Waals surface area (Å²) in [6, 6.07) is 4.02. The predicted molar refractivity (Wildman–Crippen MR) is 50.3 cm³/mol. The number of hydrogen-bond acceptors (Lipinski definition) is 1. The van der Waals surface area contributed by atoms with Crippen LogP contribution in [0.5, 0.6) is 5.75 Å². The van der Waals surface area contributed by atoms with Crippen LogP contribution in [0.1, 0.15) is 5.56 Å². The Bertz CT molecular complexity index is 309. The smallest absolute Gasteiger partial charge is 0.406 e. The first-order chi connectivity index (χ1) is 5.88. The number of benzene rings is 1. The summed E-state index contributed by atoms with van der Waals surface area (Å²) in [6.07, 6.45) is -4.64. The Kier molecular flexibility index (Phi) is 3.05. The third-order valence-corrected chi connectivity index (χ3v) is 2.30. The maximum absolute atomic E-state index is 11.7. The van der Waals surface area contributed by atoms with E-state index in [0.717, 1.165) is 3.57 Å². The van der Waals surface area contributed by atoms with E-state index >= 15 is 0 Å². The van der Waals surface area contributed by atoms with Gasteiger partial charge in [-0.3, -0.25) is 0 Å². The van der Waals surface area contributed by atoms with Gasteiger partial charge in [0.1, 0.15) is 5.75 Å². The Balaban J connectivity index is 2.86. The zero-order valence-corrected chi connectivity index (χ0v) is 8.52. The highest BCUT2D eigenvalue weighted by molar-refractivity contribution is 14.1. The second-order valence-electron chi connectivity index (χ2n) is 2.30. The summed E-state index contributed by atoms with van der Waals surface area (Å²) in [4.78, 5) is 0. The van der Waals surface area contributed by atoms with Crippen LogP contribution in [0.3, 0.4) is 0 Å². The summed E-state index contributed by atoms with van der Waals surface area (Å²) in [5.74, 6) is -0.238. The molecular weight excluding hydrogens is 296 g/mol. The zero-order chi connectivity index (χ0) is 10.1. The second kappa shape index (κ2) is 3.73. The highest BCUT2D eigenvalue weighted by atomic mass is 127. The summed E-state index contributed by atoms with van der Waals surface area (Å²) in [5.41, 5.74) is 0.516. The fourth-order valence-corrected chi connectivity index (χ4v) is 1.08. The Morgan fingerprint density at radius 3 is 2.38 bits per heavy atom. The Morgan fingerprint density at radius 1 is 1.31 bits per heavy atom. The van der Waals surface area contributed by atoms with Crippen LogP contribution in [0.4, 0.5) is 13.2 Å². The van der Waals surface area contributed by atoms with Crippen LogP contribution >= 0.6 is 22.6 Å². The first-order valence-electron chi connectivity index (χ1n) is 3.26. The second-order valence-corrected chi connectivity index (χ2v) is 3.46. The molecule has 0 heterocycles. The monoisotopic (exact) mass is 301 g/mol. The largest absolute Gasteiger partial charge is 0.573 e. The lowest BCUT2D eigenvalue weighted by molar-refractivity contribution is -0.274. The van der Waals surface area contributed by atoms with Crippen molar-refractivity contribution in [2.75, 3.05) is 0 Å². The van der Waals surface area contributed by atoms with Gasteiger partial charge in [-0.15, -0.1) is 13.2 Å². The van der Waals surface area contributed by atoms with Gasteiger partial charge in [0.15, 0.2) is 0 Å². The van der Waals surface area contributed by atoms with E-state index in [9.17, 15) is 13.2 Å². The number of hydrogen-bond donors (Lipinski definition) is 0. The molecule has 0 aliphatic carbocycles. The van der Waals surface area contributed by atoms with Crippen molar-refractivity contribution >= 4 is 22.6 Å². The molecule has 1 nitrogen and oxygen atoms in total. The maximum atomic E-state index is 11.7. The molecule has 0 amide bonds. The molecule has 0 saturated carbocycles. The van der Waals surface area contributed by atoms with Crippen molar-refractivity contribution in [3.8, 4) is 5.75 Å². The van der Waals surface area contributed by atoms with Crippen LogP contribution in [0.15, 0.2) is 18.2 Å². The molecule has 0 atom stereocenters. The van der Waals surface area contributed by atoms with Crippen LogP contribution in [-0.2, 0) is 0 Å². The van der Waals surface area contributed by atoms with E-state index in [0.29, 0.717) is 5.56 Å². The summed E-state index contributed by atoms with van der Waals surface area (Å²) in [5, 5.41) is 0. The minimum Gasteiger partial charge on any atom is -0.406 e. The minimum absolute atomic E-state index is 0.238. The van der Waals surface area contributed by atoms with Crippen LogP contribution in [-0.4, -0.2) is 6.36 Å². The number of rotatable bonds is 1. The number of halogens is 4. The van der Waals surface area contributed by atoms with Crippen molar-refractivity contribution in [3.63, 3.8) is 0 Å². The molecule has 1 rings (SSSR count). The van der Waals surface area contributed by atoms with E-state index < -0.39 is 6.36 Å². The van der Waals surface area contributed by atoms with Gasteiger partial charge in [-0.25, -0.2) is 0 Å². The minimum atomic E-state index is -4.64. The van der Waals surface area contributed by atoms with Gasteiger partial charge in [-0.05, 0) is 53.3 Å². The lowest BCUT2D eigenvalue weighted by Crippen LogP contribution is -2.17. The topological polar surface area (TPSA) is 9.23 Å². The molecule has 0 aliphatic heterocycles. The molecular formula is C8H5F3IO. The molecule has 0 aliphatic rings. The average Bonchev–Trinajstić information content (AvgIpc) is 1.94. The molecule has 0 bridgehead atoms. The third-order valence-electron chi connectivity index (χ3n) is 1.25.